The van der Waals surface area contributed by atoms with Gasteiger partial charge in [-0.15, -0.1) is 0 Å². The van der Waals surface area contributed by atoms with Crippen LogP contribution in [0.4, 0.5) is 5.69 Å². The second kappa shape index (κ2) is 4.67. The quantitative estimate of drug-likeness (QED) is 0.810. The van der Waals surface area contributed by atoms with E-state index < -0.39 is 0 Å². The van der Waals surface area contributed by atoms with Crippen molar-refractivity contribution in [3.05, 3.63) is 29.8 Å². The molecule has 0 aliphatic carbocycles. The molecule has 82 valence electrons. The lowest BCUT2D eigenvalue weighted by atomic mass is 10.0. The van der Waals surface area contributed by atoms with Crippen molar-refractivity contribution in [2.75, 3.05) is 18.0 Å². The van der Waals surface area contributed by atoms with Crippen LogP contribution in [0.25, 0.3) is 0 Å². The summed E-state index contributed by atoms with van der Waals surface area (Å²) in [5.41, 5.74) is 2.74. The highest BCUT2D eigenvalue weighted by Gasteiger charge is 2.23. The van der Waals surface area contributed by atoms with E-state index in [0.717, 1.165) is 19.1 Å². The summed E-state index contributed by atoms with van der Waals surface area (Å²) in [6.07, 6.45) is 1.33. The fraction of sp³-hybridized carbons (Fsp3) is 0.538. The first-order chi connectivity index (χ1) is 7.31. The molecular formula is C13H20N2. The predicted octanol–water partition coefficient (Wildman–Crippen LogP) is 2.39. The maximum absolute atomic E-state index is 3.34. The van der Waals surface area contributed by atoms with Crippen LogP contribution in [0.2, 0.25) is 0 Å². The lowest BCUT2D eigenvalue weighted by Crippen LogP contribution is -2.45. The van der Waals surface area contributed by atoms with Gasteiger partial charge in [0.05, 0.1) is 0 Å². The van der Waals surface area contributed by atoms with E-state index in [1.165, 1.54) is 24.2 Å². The van der Waals surface area contributed by atoms with Gasteiger partial charge in [0.25, 0.3) is 0 Å². The zero-order chi connectivity index (χ0) is 10.7. The Balaban J connectivity index is 1.97. The van der Waals surface area contributed by atoms with Crippen molar-refractivity contribution in [2.24, 2.45) is 0 Å². The molecule has 0 radical (unpaired) electrons. The second-order valence-corrected chi connectivity index (χ2v) is 4.28. The average molecular weight is 204 g/mol. The Bertz CT molecular complexity index is 305. The molecule has 2 rings (SSSR count). The van der Waals surface area contributed by atoms with E-state index in [2.05, 4.69) is 48.3 Å². The summed E-state index contributed by atoms with van der Waals surface area (Å²) in [6.45, 7) is 7.65. The molecule has 2 nitrogen and oxygen atoms in total. The molecular weight excluding hydrogens is 184 g/mol. The molecule has 0 saturated carbocycles. The summed E-state index contributed by atoms with van der Waals surface area (Å²) in [6, 6.07) is 9.65. The zero-order valence-electron chi connectivity index (χ0n) is 9.66. The highest BCUT2D eigenvalue weighted by molar-refractivity contribution is 5.50. The summed E-state index contributed by atoms with van der Waals surface area (Å²) >= 11 is 0. The molecule has 0 bridgehead atoms. The number of benzene rings is 1. The lowest BCUT2D eigenvalue weighted by Gasteiger charge is -2.40. The predicted molar refractivity (Wildman–Crippen MR) is 65.2 cm³/mol. The van der Waals surface area contributed by atoms with Crippen molar-refractivity contribution in [1.82, 2.24) is 5.32 Å². The molecule has 1 N–H and O–H groups in total. The first-order valence-electron chi connectivity index (χ1n) is 5.87. The number of nitrogens with zero attached hydrogens (tertiary/aromatic N) is 1. The van der Waals surface area contributed by atoms with E-state index in [9.17, 15) is 0 Å². The van der Waals surface area contributed by atoms with Crippen molar-refractivity contribution in [1.29, 1.82) is 0 Å². The normalized spacial score (nSPS) is 20.1. The van der Waals surface area contributed by atoms with Gasteiger partial charge in [0, 0.05) is 24.8 Å². The molecule has 1 fully saturated rings. The molecule has 1 aliphatic heterocycles. The SMILES string of the molecule is CCNCc1ccc(N2CCC2C)cc1. The van der Waals surface area contributed by atoms with E-state index in [4.69, 9.17) is 0 Å². The minimum absolute atomic E-state index is 0.726. The smallest absolute Gasteiger partial charge is 0.0368 e. The van der Waals surface area contributed by atoms with Gasteiger partial charge in [0.1, 0.15) is 0 Å². The number of rotatable bonds is 4. The van der Waals surface area contributed by atoms with Crippen LogP contribution in [0.5, 0.6) is 0 Å². The lowest BCUT2D eigenvalue weighted by molar-refractivity contribution is 0.481. The summed E-state index contributed by atoms with van der Waals surface area (Å²) in [5.74, 6) is 0. The van der Waals surface area contributed by atoms with E-state index in [1.807, 2.05) is 0 Å². The van der Waals surface area contributed by atoms with Crippen LogP contribution in [0.15, 0.2) is 24.3 Å². The average Bonchev–Trinajstić information content (AvgIpc) is 2.26. The van der Waals surface area contributed by atoms with Gasteiger partial charge in [-0.1, -0.05) is 19.1 Å². The Morgan fingerprint density at radius 2 is 2.07 bits per heavy atom. The summed E-state index contributed by atoms with van der Waals surface area (Å²) in [7, 11) is 0. The third-order valence-electron chi connectivity index (χ3n) is 3.17. The van der Waals surface area contributed by atoms with Crippen molar-refractivity contribution in [3.63, 3.8) is 0 Å². The highest BCUT2D eigenvalue weighted by atomic mass is 15.2. The van der Waals surface area contributed by atoms with E-state index in [1.54, 1.807) is 0 Å². The molecule has 2 heteroatoms. The molecule has 0 spiro atoms. The minimum atomic E-state index is 0.726. The highest BCUT2D eigenvalue weighted by Crippen LogP contribution is 2.25. The Morgan fingerprint density at radius 1 is 1.33 bits per heavy atom. The Morgan fingerprint density at radius 3 is 2.53 bits per heavy atom. The number of hydrogen-bond donors (Lipinski definition) is 1. The first kappa shape index (κ1) is 10.5. The Hall–Kier alpha value is -1.02. The van der Waals surface area contributed by atoms with Gasteiger partial charge in [-0.05, 0) is 37.6 Å². The first-order valence-corrected chi connectivity index (χ1v) is 5.87. The minimum Gasteiger partial charge on any atom is -0.369 e. The maximum Gasteiger partial charge on any atom is 0.0368 e. The standard InChI is InChI=1S/C13H20N2/c1-3-14-10-12-4-6-13(7-5-12)15-9-8-11(15)2/h4-7,11,14H,3,8-10H2,1-2H3. The van der Waals surface area contributed by atoms with Crippen LogP contribution >= 0.6 is 0 Å². The zero-order valence-corrected chi connectivity index (χ0v) is 9.66. The van der Waals surface area contributed by atoms with E-state index in [0.29, 0.717) is 0 Å². The third-order valence-corrected chi connectivity index (χ3v) is 3.17. The molecule has 0 amide bonds. The van der Waals surface area contributed by atoms with Gasteiger partial charge in [-0.25, -0.2) is 0 Å². The van der Waals surface area contributed by atoms with Crippen LogP contribution in [0.1, 0.15) is 25.8 Å². The summed E-state index contributed by atoms with van der Waals surface area (Å²) in [5, 5.41) is 3.34. The van der Waals surface area contributed by atoms with Crippen LogP contribution in [-0.4, -0.2) is 19.1 Å². The van der Waals surface area contributed by atoms with Gasteiger partial charge in [0.15, 0.2) is 0 Å². The summed E-state index contributed by atoms with van der Waals surface area (Å²) < 4.78 is 0. The van der Waals surface area contributed by atoms with Crippen molar-refractivity contribution in [2.45, 2.75) is 32.9 Å². The Kier molecular flexibility index (Phi) is 3.27. The molecule has 1 aromatic carbocycles. The molecule has 1 saturated heterocycles. The topological polar surface area (TPSA) is 15.3 Å². The van der Waals surface area contributed by atoms with Gasteiger partial charge in [-0.2, -0.15) is 0 Å². The van der Waals surface area contributed by atoms with Gasteiger partial charge in [-0.3, -0.25) is 0 Å². The fourth-order valence-electron chi connectivity index (χ4n) is 1.97. The number of hydrogen-bond acceptors (Lipinski definition) is 2. The van der Waals surface area contributed by atoms with Crippen LogP contribution in [-0.2, 0) is 6.54 Å². The van der Waals surface area contributed by atoms with Crippen LogP contribution in [0, 0.1) is 0 Å². The van der Waals surface area contributed by atoms with Crippen molar-refractivity contribution in [3.8, 4) is 0 Å². The Labute approximate surface area is 92.3 Å². The molecule has 1 heterocycles. The molecule has 15 heavy (non-hydrogen) atoms. The largest absolute Gasteiger partial charge is 0.369 e. The monoisotopic (exact) mass is 204 g/mol. The summed E-state index contributed by atoms with van der Waals surface area (Å²) in [4.78, 5) is 2.46. The van der Waals surface area contributed by atoms with E-state index >= 15 is 0 Å². The van der Waals surface area contributed by atoms with Crippen LogP contribution in [0.3, 0.4) is 0 Å². The van der Waals surface area contributed by atoms with Gasteiger partial charge >= 0.3 is 0 Å². The van der Waals surface area contributed by atoms with Gasteiger partial charge in [0.2, 0.25) is 0 Å². The maximum atomic E-state index is 3.34. The van der Waals surface area contributed by atoms with Crippen molar-refractivity contribution < 1.29 is 0 Å². The number of nitrogens with one attached hydrogen (secondary N) is 1. The molecule has 1 unspecified atom stereocenters. The molecule has 0 aromatic heterocycles. The van der Waals surface area contributed by atoms with Crippen LogP contribution < -0.4 is 10.2 Å². The second-order valence-electron chi connectivity index (χ2n) is 4.28. The number of anilines is 1. The van der Waals surface area contributed by atoms with Gasteiger partial charge < -0.3 is 10.2 Å². The molecule has 1 aliphatic rings. The fourth-order valence-corrected chi connectivity index (χ4v) is 1.97. The molecule has 1 atom stereocenters. The van der Waals surface area contributed by atoms with Crippen molar-refractivity contribution >= 4 is 5.69 Å². The molecule has 1 aromatic rings. The van der Waals surface area contributed by atoms with E-state index in [-0.39, 0.29) is 0 Å². The third kappa shape index (κ3) is 2.32.